The van der Waals surface area contributed by atoms with Gasteiger partial charge in [-0.2, -0.15) is 0 Å². The highest BCUT2D eigenvalue weighted by Crippen LogP contribution is 2.25. The monoisotopic (exact) mass is 363 g/mol. The van der Waals surface area contributed by atoms with Gasteiger partial charge in [0.2, 0.25) is 0 Å². The largest absolute Gasteiger partial charge is 0.483 e. The maximum atomic E-state index is 11.9. The summed E-state index contributed by atoms with van der Waals surface area (Å²) in [6, 6.07) is 15.5. The zero-order valence-electron chi connectivity index (χ0n) is 13.9. The van der Waals surface area contributed by atoms with Crippen LogP contribution in [0, 0.1) is 0 Å². The van der Waals surface area contributed by atoms with Crippen LogP contribution in [0.4, 0.5) is 0 Å². The maximum absolute atomic E-state index is 11.9. The normalized spacial score (nSPS) is 10.7. The number of carbonyl (C=O) groups is 1. The third kappa shape index (κ3) is 6.10. The summed E-state index contributed by atoms with van der Waals surface area (Å²) in [5.41, 5.74) is 1.11. The summed E-state index contributed by atoms with van der Waals surface area (Å²) in [4.78, 5) is 13.0. The summed E-state index contributed by atoms with van der Waals surface area (Å²) in [6.07, 6.45) is 0. The first-order valence-electron chi connectivity index (χ1n) is 7.93. The Labute approximate surface area is 152 Å². The molecule has 1 N–H and O–H groups in total. The van der Waals surface area contributed by atoms with Crippen molar-refractivity contribution in [2.75, 3.05) is 18.9 Å². The number of hydrogen-bond donors (Lipinski definition) is 1. The first-order chi connectivity index (χ1) is 11.6. The standard InChI is InChI=1S/C19H22ClNO2S/c1-14(2)17-5-3-4-6-18(17)23-13-19(22)21-11-12-24-16-9-7-15(20)8-10-16/h3-10,14H,11-13H2,1-2H3,(H,21,22). The molecular weight excluding hydrogens is 342 g/mol. The molecule has 128 valence electrons. The minimum atomic E-state index is -0.106. The van der Waals surface area contributed by atoms with E-state index in [2.05, 4.69) is 19.2 Å². The fourth-order valence-electron chi connectivity index (χ4n) is 2.17. The van der Waals surface area contributed by atoms with Crippen LogP contribution in [0.2, 0.25) is 5.02 Å². The number of para-hydroxylation sites is 1. The number of hydrogen-bond acceptors (Lipinski definition) is 3. The van der Waals surface area contributed by atoms with E-state index in [1.54, 1.807) is 11.8 Å². The van der Waals surface area contributed by atoms with E-state index in [-0.39, 0.29) is 12.5 Å². The molecule has 0 spiro atoms. The highest BCUT2D eigenvalue weighted by Gasteiger charge is 2.08. The molecule has 0 unspecified atom stereocenters. The van der Waals surface area contributed by atoms with E-state index in [0.29, 0.717) is 12.5 Å². The van der Waals surface area contributed by atoms with Crippen LogP contribution < -0.4 is 10.1 Å². The Balaban J connectivity index is 1.69. The molecule has 0 bridgehead atoms. The Morgan fingerprint density at radius 1 is 1.17 bits per heavy atom. The van der Waals surface area contributed by atoms with Gasteiger partial charge in [0.15, 0.2) is 6.61 Å². The Kier molecular flexibility index (Phi) is 7.47. The molecule has 0 aliphatic heterocycles. The summed E-state index contributed by atoms with van der Waals surface area (Å²) in [7, 11) is 0. The van der Waals surface area contributed by atoms with Gasteiger partial charge in [0.1, 0.15) is 5.75 Å². The van der Waals surface area contributed by atoms with E-state index < -0.39 is 0 Å². The van der Waals surface area contributed by atoms with Crippen LogP contribution in [0.1, 0.15) is 25.3 Å². The maximum Gasteiger partial charge on any atom is 0.257 e. The molecule has 24 heavy (non-hydrogen) atoms. The molecule has 0 aromatic heterocycles. The van der Waals surface area contributed by atoms with Gasteiger partial charge in [-0.25, -0.2) is 0 Å². The second kappa shape index (κ2) is 9.60. The molecule has 0 heterocycles. The van der Waals surface area contributed by atoms with Crippen molar-refractivity contribution in [3.05, 3.63) is 59.1 Å². The summed E-state index contributed by atoms with van der Waals surface area (Å²) in [5, 5.41) is 3.60. The van der Waals surface area contributed by atoms with Gasteiger partial charge in [0, 0.05) is 22.2 Å². The Hall–Kier alpha value is -1.65. The quantitative estimate of drug-likeness (QED) is 0.543. The predicted octanol–water partition coefficient (Wildman–Crippen LogP) is 4.75. The third-order valence-corrected chi connectivity index (χ3v) is 4.67. The van der Waals surface area contributed by atoms with E-state index in [9.17, 15) is 4.79 Å². The highest BCUT2D eigenvalue weighted by atomic mass is 35.5. The van der Waals surface area contributed by atoms with Crippen molar-refractivity contribution in [3.63, 3.8) is 0 Å². The molecular formula is C19H22ClNO2S. The Bertz CT molecular complexity index is 659. The van der Waals surface area contributed by atoms with E-state index in [1.807, 2.05) is 48.5 Å². The molecule has 2 rings (SSSR count). The van der Waals surface area contributed by atoms with Crippen LogP contribution in [-0.2, 0) is 4.79 Å². The minimum Gasteiger partial charge on any atom is -0.483 e. The number of halogens is 1. The molecule has 2 aromatic carbocycles. The molecule has 0 fully saturated rings. The van der Waals surface area contributed by atoms with Crippen molar-refractivity contribution >= 4 is 29.3 Å². The number of benzene rings is 2. The van der Waals surface area contributed by atoms with Crippen LogP contribution in [0.15, 0.2) is 53.4 Å². The summed E-state index contributed by atoms with van der Waals surface area (Å²) < 4.78 is 5.66. The first kappa shape index (κ1) is 18.7. The number of carbonyl (C=O) groups excluding carboxylic acids is 1. The van der Waals surface area contributed by atoms with Crippen LogP contribution >= 0.6 is 23.4 Å². The minimum absolute atomic E-state index is 0.0370. The molecule has 0 radical (unpaired) electrons. The van der Waals surface area contributed by atoms with Crippen molar-refractivity contribution in [3.8, 4) is 5.75 Å². The van der Waals surface area contributed by atoms with Gasteiger partial charge in [-0.15, -0.1) is 11.8 Å². The number of ether oxygens (including phenoxy) is 1. The third-order valence-electron chi connectivity index (χ3n) is 3.41. The summed E-state index contributed by atoms with van der Waals surface area (Å²) >= 11 is 7.53. The number of amides is 1. The van der Waals surface area contributed by atoms with Crippen molar-refractivity contribution < 1.29 is 9.53 Å². The first-order valence-corrected chi connectivity index (χ1v) is 9.29. The van der Waals surface area contributed by atoms with Gasteiger partial charge in [0.05, 0.1) is 0 Å². The number of thioether (sulfide) groups is 1. The fraction of sp³-hybridized carbons (Fsp3) is 0.316. The molecule has 3 nitrogen and oxygen atoms in total. The number of nitrogens with one attached hydrogen (secondary N) is 1. The predicted molar refractivity (Wildman–Crippen MR) is 101 cm³/mol. The number of rotatable bonds is 8. The van der Waals surface area contributed by atoms with Gasteiger partial charge in [-0.3, -0.25) is 4.79 Å². The van der Waals surface area contributed by atoms with Crippen molar-refractivity contribution in [2.45, 2.75) is 24.7 Å². The molecule has 2 aromatic rings. The van der Waals surface area contributed by atoms with Crippen molar-refractivity contribution in [1.82, 2.24) is 5.32 Å². The summed E-state index contributed by atoms with van der Waals surface area (Å²) in [5.74, 6) is 1.83. The zero-order chi connectivity index (χ0) is 17.4. The topological polar surface area (TPSA) is 38.3 Å². The van der Waals surface area contributed by atoms with Gasteiger partial charge in [-0.1, -0.05) is 43.6 Å². The molecule has 0 atom stereocenters. The van der Waals surface area contributed by atoms with Gasteiger partial charge >= 0.3 is 0 Å². The highest BCUT2D eigenvalue weighted by molar-refractivity contribution is 7.99. The molecule has 0 saturated heterocycles. The van der Waals surface area contributed by atoms with E-state index in [4.69, 9.17) is 16.3 Å². The second-order valence-electron chi connectivity index (χ2n) is 5.63. The lowest BCUT2D eigenvalue weighted by molar-refractivity contribution is -0.122. The molecule has 5 heteroatoms. The van der Waals surface area contributed by atoms with E-state index in [0.717, 1.165) is 27.0 Å². The van der Waals surface area contributed by atoms with E-state index >= 15 is 0 Å². The summed E-state index contributed by atoms with van der Waals surface area (Å²) in [6.45, 7) is 4.85. The Morgan fingerprint density at radius 3 is 2.58 bits per heavy atom. The molecule has 0 aliphatic carbocycles. The molecule has 1 amide bonds. The smallest absolute Gasteiger partial charge is 0.257 e. The van der Waals surface area contributed by atoms with Crippen LogP contribution in [-0.4, -0.2) is 24.8 Å². The van der Waals surface area contributed by atoms with Crippen LogP contribution in [0.3, 0.4) is 0 Å². The fourth-order valence-corrected chi connectivity index (χ4v) is 3.07. The zero-order valence-corrected chi connectivity index (χ0v) is 15.5. The van der Waals surface area contributed by atoms with Crippen molar-refractivity contribution in [2.24, 2.45) is 0 Å². The average molecular weight is 364 g/mol. The lowest BCUT2D eigenvalue weighted by Crippen LogP contribution is -2.30. The van der Waals surface area contributed by atoms with E-state index in [1.165, 1.54) is 0 Å². The Morgan fingerprint density at radius 2 is 1.88 bits per heavy atom. The van der Waals surface area contributed by atoms with Gasteiger partial charge < -0.3 is 10.1 Å². The van der Waals surface area contributed by atoms with Crippen LogP contribution in [0.5, 0.6) is 5.75 Å². The van der Waals surface area contributed by atoms with Gasteiger partial charge in [-0.05, 0) is 41.8 Å². The second-order valence-corrected chi connectivity index (χ2v) is 7.24. The molecule has 0 aliphatic rings. The van der Waals surface area contributed by atoms with Crippen molar-refractivity contribution in [1.29, 1.82) is 0 Å². The lowest BCUT2D eigenvalue weighted by atomic mass is 10.0. The van der Waals surface area contributed by atoms with Crippen LogP contribution in [0.25, 0.3) is 0 Å². The average Bonchev–Trinajstić information content (AvgIpc) is 2.58. The lowest BCUT2D eigenvalue weighted by Gasteiger charge is -2.13. The van der Waals surface area contributed by atoms with Gasteiger partial charge in [0.25, 0.3) is 5.91 Å². The molecule has 0 saturated carbocycles. The SMILES string of the molecule is CC(C)c1ccccc1OCC(=O)NCCSc1ccc(Cl)cc1.